The van der Waals surface area contributed by atoms with Crippen molar-refractivity contribution in [2.75, 3.05) is 18.0 Å². The van der Waals surface area contributed by atoms with Crippen LogP contribution < -0.4 is 10.2 Å². The van der Waals surface area contributed by atoms with E-state index in [0.29, 0.717) is 12.1 Å². The molecule has 1 amide bonds. The average Bonchev–Trinajstić information content (AvgIpc) is 2.56. The first-order valence-electron chi connectivity index (χ1n) is 8.24. The Hall–Kier alpha value is -2.36. The molecule has 1 aromatic carbocycles. The molecule has 1 heterocycles. The van der Waals surface area contributed by atoms with Gasteiger partial charge in [0.1, 0.15) is 5.82 Å². The standard InChI is InChI=1S/C19H25N3O/c1-4-6-12-20-19(23)16-10-11-18(21-14-16)22(5-2)17-9-7-8-15(3)13-17/h7-11,13-14H,4-6,12H2,1-3H3,(H,20,23). The Bertz CT molecular complexity index is 637. The van der Waals surface area contributed by atoms with E-state index < -0.39 is 0 Å². The minimum Gasteiger partial charge on any atom is -0.352 e. The number of aromatic nitrogens is 1. The van der Waals surface area contributed by atoms with Crippen LogP contribution in [0.5, 0.6) is 0 Å². The first-order chi connectivity index (χ1) is 11.2. The molecule has 1 N–H and O–H groups in total. The summed E-state index contributed by atoms with van der Waals surface area (Å²) in [6.45, 7) is 7.80. The molecule has 0 bridgehead atoms. The average molecular weight is 311 g/mol. The number of carbonyl (C=O) groups is 1. The molecule has 0 aliphatic carbocycles. The van der Waals surface area contributed by atoms with Gasteiger partial charge in [-0.05, 0) is 50.1 Å². The highest BCUT2D eigenvalue weighted by molar-refractivity contribution is 5.94. The predicted molar refractivity (Wildman–Crippen MR) is 95.3 cm³/mol. The highest BCUT2D eigenvalue weighted by Gasteiger charge is 2.10. The summed E-state index contributed by atoms with van der Waals surface area (Å²) in [6.07, 6.45) is 3.71. The summed E-state index contributed by atoms with van der Waals surface area (Å²) >= 11 is 0. The highest BCUT2D eigenvalue weighted by Crippen LogP contribution is 2.24. The molecule has 0 atom stereocenters. The Morgan fingerprint density at radius 1 is 1.22 bits per heavy atom. The lowest BCUT2D eigenvalue weighted by molar-refractivity contribution is 0.0953. The molecule has 0 aliphatic heterocycles. The van der Waals surface area contributed by atoms with Crippen LogP contribution in [0.15, 0.2) is 42.6 Å². The zero-order valence-corrected chi connectivity index (χ0v) is 14.2. The number of benzene rings is 1. The van der Waals surface area contributed by atoms with Crippen LogP contribution in [0.1, 0.15) is 42.6 Å². The van der Waals surface area contributed by atoms with Gasteiger partial charge in [0.15, 0.2) is 0 Å². The van der Waals surface area contributed by atoms with Gasteiger partial charge in [-0.1, -0.05) is 25.5 Å². The molecule has 0 aliphatic rings. The van der Waals surface area contributed by atoms with E-state index in [2.05, 4.69) is 54.2 Å². The summed E-state index contributed by atoms with van der Waals surface area (Å²) in [5.74, 6) is 0.791. The van der Waals surface area contributed by atoms with Crippen molar-refractivity contribution in [2.24, 2.45) is 0 Å². The van der Waals surface area contributed by atoms with E-state index >= 15 is 0 Å². The largest absolute Gasteiger partial charge is 0.352 e. The molecule has 23 heavy (non-hydrogen) atoms. The zero-order chi connectivity index (χ0) is 16.7. The van der Waals surface area contributed by atoms with Crippen LogP contribution >= 0.6 is 0 Å². The third-order valence-corrected chi connectivity index (χ3v) is 3.73. The molecule has 4 nitrogen and oxygen atoms in total. The van der Waals surface area contributed by atoms with Gasteiger partial charge >= 0.3 is 0 Å². The van der Waals surface area contributed by atoms with Crippen molar-refractivity contribution in [3.8, 4) is 0 Å². The molecule has 2 rings (SSSR count). The maximum absolute atomic E-state index is 12.0. The third-order valence-electron chi connectivity index (χ3n) is 3.73. The van der Waals surface area contributed by atoms with E-state index in [1.165, 1.54) is 5.56 Å². The monoisotopic (exact) mass is 311 g/mol. The fourth-order valence-electron chi connectivity index (χ4n) is 2.43. The van der Waals surface area contributed by atoms with Gasteiger partial charge in [-0.15, -0.1) is 0 Å². The van der Waals surface area contributed by atoms with Gasteiger partial charge in [0.25, 0.3) is 5.91 Å². The Morgan fingerprint density at radius 3 is 2.65 bits per heavy atom. The van der Waals surface area contributed by atoms with E-state index in [9.17, 15) is 4.79 Å². The van der Waals surface area contributed by atoms with Crippen LogP contribution in [0.3, 0.4) is 0 Å². The molecule has 1 aromatic heterocycles. The van der Waals surface area contributed by atoms with E-state index in [0.717, 1.165) is 30.9 Å². The number of hydrogen-bond donors (Lipinski definition) is 1. The fourth-order valence-corrected chi connectivity index (χ4v) is 2.43. The van der Waals surface area contributed by atoms with Crippen molar-refractivity contribution >= 4 is 17.4 Å². The second kappa shape index (κ2) is 8.32. The highest BCUT2D eigenvalue weighted by atomic mass is 16.1. The number of unbranched alkanes of at least 4 members (excludes halogenated alkanes) is 1. The van der Waals surface area contributed by atoms with Gasteiger partial charge in [-0.3, -0.25) is 4.79 Å². The summed E-state index contributed by atoms with van der Waals surface area (Å²) in [4.78, 5) is 18.6. The first-order valence-corrected chi connectivity index (χ1v) is 8.24. The number of carbonyl (C=O) groups excluding carboxylic acids is 1. The molecular formula is C19H25N3O. The van der Waals surface area contributed by atoms with Crippen molar-refractivity contribution in [3.05, 3.63) is 53.7 Å². The van der Waals surface area contributed by atoms with Crippen LogP contribution in [-0.4, -0.2) is 24.0 Å². The molecule has 4 heteroatoms. The van der Waals surface area contributed by atoms with Gasteiger partial charge in [0, 0.05) is 25.0 Å². The molecule has 0 radical (unpaired) electrons. The number of amides is 1. The molecular weight excluding hydrogens is 286 g/mol. The van der Waals surface area contributed by atoms with Crippen LogP contribution in [-0.2, 0) is 0 Å². The molecule has 0 saturated heterocycles. The minimum absolute atomic E-state index is 0.0592. The first kappa shape index (κ1) is 17.0. The summed E-state index contributed by atoms with van der Waals surface area (Å²) in [5, 5.41) is 2.91. The summed E-state index contributed by atoms with van der Waals surface area (Å²) in [6, 6.07) is 12.1. The number of nitrogens with zero attached hydrogens (tertiary/aromatic N) is 2. The van der Waals surface area contributed by atoms with Crippen molar-refractivity contribution in [3.63, 3.8) is 0 Å². The van der Waals surface area contributed by atoms with Gasteiger partial charge < -0.3 is 10.2 Å². The molecule has 122 valence electrons. The lowest BCUT2D eigenvalue weighted by Crippen LogP contribution is -2.24. The Labute approximate surface area is 138 Å². The smallest absolute Gasteiger partial charge is 0.252 e. The lowest BCUT2D eigenvalue weighted by Gasteiger charge is -2.22. The normalized spacial score (nSPS) is 10.4. The second-order valence-corrected chi connectivity index (χ2v) is 5.60. The molecule has 0 fully saturated rings. The van der Waals surface area contributed by atoms with E-state index in [4.69, 9.17) is 0 Å². The lowest BCUT2D eigenvalue weighted by atomic mass is 10.2. The van der Waals surface area contributed by atoms with Crippen LogP contribution in [0.4, 0.5) is 11.5 Å². The number of rotatable bonds is 7. The van der Waals surface area contributed by atoms with Crippen LogP contribution in [0.25, 0.3) is 0 Å². The van der Waals surface area contributed by atoms with Crippen LogP contribution in [0.2, 0.25) is 0 Å². The zero-order valence-electron chi connectivity index (χ0n) is 14.2. The van der Waals surface area contributed by atoms with Gasteiger partial charge in [0.05, 0.1) is 5.56 Å². The van der Waals surface area contributed by atoms with Gasteiger partial charge in [-0.2, -0.15) is 0 Å². The number of nitrogens with one attached hydrogen (secondary N) is 1. The SMILES string of the molecule is CCCCNC(=O)c1ccc(N(CC)c2cccc(C)c2)nc1. The summed E-state index contributed by atoms with van der Waals surface area (Å²) in [7, 11) is 0. The number of anilines is 2. The molecule has 0 unspecified atom stereocenters. The van der Waals surface area contributed by atoms with Crippen LogP contribution in [0, 0.1) is 6.92 Å². The minimum atomic E-state index is -0.0592. The van der Waals surface area contributed by atoms with Crippen molar-refractivity contribution in [1.82, 2.24) is 10.3 Å². The molecule has 2 aromatic rings. The predicted octanol–water partition coefficient (Wildman–Crippen LogP) is 4.08. The van der Waals surface area contributed by atoms with Gasteiger partial charge in [-0.25, -0.2) is 4.98 Å². The maximum atomic E-state index is 12.0. The second-order valence-electron chi connectivity index (χ2n) is 5.60. The molecule has 0 spiro atoms. The van der Waals surface area contributed by atoms with Crippen molar-refractivity contribution in [1.29, 1.82) is 0 Å². The van der Waals surface area contributed by atoms with E-state index in [1.54, 1.807) is 6.20 Å². The number of hydrogen-bond acceptors (Lipinski definition) is 3. The van der Waals surface area contributed by atoms with E-state index in [1.807, 2.05) is 18.2 Å². The topological polar surface area (TPSA) is 45.2 Å². The Morgan fingerprint density at radius 2 is 2.04 bits per heavy atom. The third kappa shape index (κ3) is 4.55. The Kier molecular flexibility index (Phi) is 6.15. The fraction of sp³-hybridized carbons (Fsp3) is 0.368. The number of aryl methyl sites for hydroxylation is 1. The van der Waals surface area contributed by atoms with E-state index in [-0.39, 0.29) is 5.91 Å². The summed E-state index contributed by atoms with van der Waals surface area (Å²) < 4.78 is 0. The van der Waals surface area contributed by atoms with Crippen molar-refractivity contribution < 1.29 is 4.79 Å². The number of pyridine rings is 1. The summed E-state index contributed by atoms with van der Waals surface area (Å²) in [5.41, 5.74) is 2.93. The maximum Gasteiger partial charge on any atom is 0.252 e. The van der Waals surface area contributed by atoms with Gasteiger partial charge in [0.2, 0.25) is 0 Å². The Balaban J connectivity index is 2.12. The quantitative estimate of drug-likeness (QED) is 0.784. The molecule has 0 saturated carbocycles. The van der Waals surface area contributed by atoms with Crippen molar-refractivity contribution in [2.45, 2.75) is 33.6 Å².